The zero-order chi connectivity index (χ0) is 15.4. The Morgan fingerprint density at radius 3 is 2.86 bits per heavy atom. The van der Waals surface area contributed by atoms with Crippen molar-refractivity contribution in [2.45, 2.75) is 26.3 Å². The van der Waals surface area contributed by atoms with Crippen molar-refractivity contribution in [2.24, 2.45) is 16.6 Å². The van der Waals surface area contributed by atoms with Crippen LogP contribution in [0.25, 0.3) is 0 Å². The van der Waals surface area contributed by atoms with Gasteiger partial charge in [-0.25, -0.2) is 4.99 Å². The first-order valence-electron chi connectivity index (χ1n) is 8.07. The number of guanidine groups is 1. The van der Waals surface area contributed by atoms with E-state index in [0.29, 0.717) is 12.5 Å². The van der Waals surface area contributed by atoms with Gasteiger partial charge in [-0.3, -0.25) is 0 Å². The molecule has 5 nitrogen and oxygen atoms in total. The second-order valence-electron chi connectivity index (χ2n) is 6.14. The van der Waals surface area contributed by atoms with Crippen LogP contribution in [-0.4, -0.2) is 43.8 Å². The highest BCUT2D eigenvalue weighted by Gasteiger charge is 2.22. The Bertz CT molecular complexity index is 535. The van der Waals surface area contributed by atoms with Crippen LogP contribution in [0.4, 0.5) is 0 Å². The summed E-state index contributed by atoms with van der Waals surface area (Å²) < 4.78 is 11.3. The van der Waals surface area contributed by atoms with E-state index in [2.05, 4.69) is 35.0 Å². The first kappa shape index (κ1) is 15.2. The van der Waals surface area contributed by atoms with E-state index in [1.165, 1.54) is 18.4 Å². The van der Waals surface area contributed by atoms with Crippen LogP contribution in [0.15, 0.2) is 23.2 Å². The SMILES string of the molecule is Cc1ccc(CN=C(N)N2CCOCC2)c(OCC2CC2)c1. The molecule has 0 aromatic heterocycles. The smallest absolute Gasteiger partial charge is 0.191 e. The summed E-state index contributed by atoms with van der Waals surface area (Å²) in [6.07, 6.45) is 2.59. The summed E-state index contributed by atoms with van der Waals surface area (Å²) in [7, 11) is 0. The average Bonchev–Trinajstić information content (AvgIpc) is 3.37. The van der Waals surface area contributed by atoms with Crippen molar-refractivity contribution >= 4 is 5.96 Å². The van der Waals surface area contributed by atoms with Gasteiger partial charge >= 0.3 is 0 Å². The molecular weight excluding hydrogens is 278 g/mol. The van der Waals surface area contributed by atoms with Crippen molar-refractivity contribution < 1.29 is 9.47 Å². The van der Waals surface area contributed by atoms with Crippen LogP contribution in [-0.2, 0) is 11.3 Å². The molecule has 1 saturated heterocycles. The highest BCUT2D eigenvalue weighted by Crippen LogP contribution is 2.30. The predicted octanol–water partition coefficient (Wildman–Crippen LogP) is 1.93. The molecule has 2 fully saturated rings. The summed E-state index contributed by atoms with van der Waals surface area (Å²) in [6.45, 7) is 6.53. The number of benzene rings is 1. The molecule has 1 aliphatic carbocycles. The zero-order valence-corrected chi connectivity index (χ0v) is 13.3. The molecule has 5 heteroatoms. The quantitative estimate of drug-likeness (QED) is 0.667. The molecule has 2 N–H and O–H groups in total. The number of nitrogens with zero attached hydrogens (tertiary/aromatic N) is 2. The van der Waals surface area contributed by atoms with E-state index in [-0.39, 0.29) is 0 Å². The fourth-order valence-electron chi connectivity index (χ4n) is 2.48. The van der Waals surface area contributed by atoms with Crippen molar-refractivity contribution in [3.05, 3.63) is 29.3 Å². The molecule has 120 valence electrons. The van der Waals surface area contributed by atoms with Crippen LogP contribution < -0.4 is 10.5 Å². The first-order valence-corrected chi connectivity index (χ1v) is 8.07. The Morgan fingerprint density at radius 1 is 1.36 bits per heavy atom. The van der Waals surface area contributed by atoms with E-state index >= 15 is 0 Å². The number of rotatable bonds is 5. The maximum Gasteiger partial charge on any atom is 0.191 e. The Hall–Kier alpha value is -1.75. The third-order valence-electron chi connectivity index (χ3n) is 4.14. The van der Waals surface area contributed by atoms with Crippen LogP contribution in [0, 0.1) is 12.8 Å². The number of hydrogen-bond donors (Lipinski definition) is 1. The number of aliphatic imine (C=N–C) groups is 1. The molecule has 0 amide bonds. The van der Waals surface area contributed by atoms with Gasteiger partial charge < -0.3 is 20.1 Å². The van der Waals surface area contributed by atoms with Gasteiger partial charge in [-0.05, 0) is 37.3 Å². The normalized spacial score (nSPS) is 19.3. The monoisotopic (exact) mass is 303 g/mol. The van der Waals surface area contributed by atoms with E-state index in [1.54, 1.807) is 0 Å². The molecule has 0 atom stereocenters. The minimum absolute atomic E-state index is 0.559. The molecule has 1 saturated carbocycles. The molecule has 1 aromatic carbocycles. The molecule has 3 rings (SSSR count). The summed E-state index contributed by atoms with van der Waals surface area (Å²) in [4.78, 5) is 6.61. The molecule has 0 unspecified atom stereocenters. The Morgan fingerprint density at radius 2 is 2.14 bits per heavy atom. The predicted molar refractivity (Wildman–Crippen MR) is 87.1 cm³/mol. The molecule has 1 aliphatic heterocycles. The molecule has 2 aliphatic rings. The number of morpholine rings is 1. The minimum Gasteiger partial charge on any atom is -0.493 e. The Labute approximate surface area is 132 Å². The van der Waals surface area contributed by atoms with Crippen LogP contribution in [0.1, 0.15) is 24.0 Å². The van der Waals surface area contributed by atoms with Crippen LogP contribution >= 0.6 is 0 Å². The molecule has 22 heavy (non-hydrogen) atoms. The van der Waals surface area contributed by atoms with E-state index in [1.807, 2.05) is 0 Å². The second kappa shape index (κ2) is 7.01. The number of aryl methyl sites for hydroxylation is 1. The molecule has 0 bridgehead atoms. The van der Waals surface area contributed by atoms with Crippen LogP contribution in [0.5, 0.6) is 5.75 Å². The first-order chi connectivity index (χ1) is 10.7. The summed E-state index contributed by atoms with van der Waals surface area (Å²) in [5, 5.41) is 0. The summed E-state index contributed by atoms with van der Waals surface area (Å²) in [5.41, 5.74) is 8.40. The van der Waals surface area contributed by atoms with Gasteiger partial charge in [0.25, 0.3) is 0 Å². The highest BCUT2D eigenvalue weighted by molar-refractivity contribution is 5.78. The topological polar surface area (TPSA) is 60.1 Å². The Kier molecular flexibility index (Phi) is 4.83. The van der Waals surface area contributed by atoms with E-state index in [0.717, 1.165) is 50.1 Å². The molecule has 1 aromatic rings. The van der Waals surface area contributed by atoms with Crippen molar-refractivity contribution in [3.8, 4) is 5.75 Å². The lowest BCUT2D eigenvalue weighted by molar-refractivity contribution is 0.0674. The largest absolute Gasteiger partial charge is 0.493 e. The lowest BCUT2D eigenvalue weighted by atomic mass is 10.1. The molecular formula is C17H25N3O2. The fraction of sp³-hybridized carbons (Fsp3) is 0.588. The second-order valence-corrected chi connectivity index (χ2v) is 6.14. The van der Waals surface area contributed by atoms with Gasteiger partial charge in [-0.2, -0.15) is 0 Å². The zero-order valence-electron chi connectivity index (χ0n) is 13.3. The molecule has 0 radical (unpaired) electrons. The van der Waals surface area contributed by atoms with Gasteiger partial charge in [0.1, 0.15) is 5.75 Å². The molecule has 0 spiro atoms. The highest BCUT2D eigenvalue weighted by atomic mass is 16.5. The standard InChI is InChI=1S/C17H25N3O2/c1-13-2-5-15(16(10-13)22-12-14-3-4-14)11-19-17(18)20-6-8-21-9-7-20/h2,5,10,14H,3-4,6-9,11-12H2,1H3,(H2,18,19). The third kappa shape index (κ3) is 4.13. The van der Waals surface area contributed by atoms with E-state index in [9.17, 15) is 0 Å². The fourth-order valence-corrected chi connectivity index (χ4v) is 2.48. The third-order valence-corrected chi connectivity index (χ3v) is 4.14. The number of hydrogen-bond acceptors (Lipinski definition) is 3. The van der Waals surface area contributed by atoms with Crippen LogP contribution in [0.2, 0.25) is 0 Å². The van der Waals surface area contributed by atoms with E-state index in [4.69, 9.17) is 15.2 Å². The molecule has 1 heterocycles. The van der Waals surface area contributed by atoms with Gasteiger partial charge in [0.15, 0.2) is 5.96 Å². The van der Waals surface area contributed by atoms with Crippen molar-refractivity contribution in [1.29, 1.82) is 0 Å². The van der Waals surface area contributed by atoms with Crippen molar-refractivity contribution in [3.63, 3.8) is 0 Å². The lowest BCUT2D eigenvalue weighted by Gasteiger charge is -2.27. The van der Waals surface area contributed by atoms with Gasteiger partial charge in [-0.1, -0.05) is 12.1 Å². The van der Waals surface area contributed by atoms with E-state index < -0.39 is 0 Å². The van der Waals surface area contributed by atoms with Crippen molar-refractivity contribution in [2.75, 3.05) is 32.9 Å². The lowest BCUT2D eigenvalue weighted by Crippen LogP contribution is -2.44. The summed E-state index contributed by atoms with van der Waals surface area (Å²) in [6, 6.07) is 6.28. The summed E-state index contributed by atoms with van der Waals surface area (Å²) >= 11 is 0. The van der Waals surface area contributed by atoms with Crippen molar-refractivity contribution in [1.82, 2.24) is 4.90 Å². The van der Waals surface area contributed by atoms with Gasteiger partial charge in [0.05, 0.1) is 26.4 Å². The maximum atomic E-state index is 6.09. The maximum absolute atomic E-state index is 6.09. The van der Waals surface area contributed by atoms with Gasteiger partial charge in [0, 0.05) is 18.7 Å². The van der Waals surface area contributed by atoms with Gasteiger partial charge in [0.2, 0.25) is 0 Å². The summed E-state index contributed by atoms with van der Waals surface area (Å²) in [5.74, 6) is 2.29. The average molecular weight is 303 g/mol. The Balaban J connectivity index is 1.64. The van der Waals surface area contributed by atoms with Gasteiger partial charge in [-0.15, -0.1) is 0 Å². The van der Waals surface area contributed by atoms with Crippen LogP contribution in [0.3, 0.4) is 0 Å². The minimum atomic E-state index is 0.559. The number of nitrogens with two attached hydrogens (primary N) is 1. The number of ether oxygens (including phenoxy) is 2.